The van der Waals surface area contributed by atoms with Gasteiger partial charge >= 0.3 is 6.85 Å². The van der Waals surface area contributed by atoms with Gasteiger partial charge in [0, 0.05) is 38.9 Å². The number of benzene rings is 10. The first-order chi connectivity index (χ1) is 32.3. The van der Waals surface area contributed by atoms with Gasteiger partial charge in [0.15, 0.2) is 8.07 Å². The topological polar surface area (TPSA) is 17.4 Å². The molecule has 11 aromatic rings. The molecule has 3 heterocycles. The van der Waals surface area contributed by atoms with E-state index in [0.717, 1.165) is 39.5 Å². The van der Waals surface area contributed by atoms with Crippen LogP contribution in [0.4, 0.5) is 11.4 Å². The molecule has 1 aromatic heterocycles. The molecule has 65 heavy (non-hydrogen) atoms. The molecule has 0 amide bonds. The lowest BCUT2D eigenvalue weighted by Gasteiger charge is -2.43. The van der Waals surface area contributed by atoms with Crippen molar-refractivity contribution in [2.75, 3.05) is 4.81 Å². The molecule has 0 bridgehead atoms. The summed E-state index contributed by atoms with van der Waals surface area (Å²) in [5, 5.41) is 7.80. The van der Waals surface area contributed by atoms with Crippen molar-refractivity contribution in [3.05, 3.63) is 249 Å². The van der Waals surface area contributed by atoms with Gasteiger partial charge in [-0.05, 0) is 97.5 Å². The molecular formula is C60H41BN2OSi. The Morgan fingerprint density at radius 2 is 0.908 bits per heavy atom. The van der Waals surface area contributed by atoms with Gasteiger partial charge < -0.3 is 14.1 Å². The van der Waals surface area contributed by atoms with Gasteiger partial charge in [-0.3, -0.25) is 0 Å². The summed E-state index contributed by atoms with van der Waals surface area (Å²) in [6, 6.07) is 91.5. The van der Waals surface area contributed by atoms with Crippen molar-refractivity contribution in [2.45, 2.75) is 0 Å². The highest BCUT2D eigenvalue weighted by Crippen LogP contribution is 2.44. The Bertz CT molecular complexity index is 3440. The first kappa shape index (κ1) is 37.4. The lowest BCUT2D eigenvalue weighted by Crippen LogP contribution is -2.75. The monoisotopic (exact) mass is 844 g/mol. The van der Waals surface area contributed by atoms with E-state index in [9.17, 15) is 0 Å². The zero-order valence-corrected chi connectivity index (χ0v) is 36.6. The first-order valence-electron chi connectivity index (χ1n) is 22.5. The van der Waals surface area contributed by atoms with Crippen molar-refractivity contribution >= 4 is 79.8 Å². The normalized spacial score (nSPS) is 12.7. The third-order valence-corrected chi connectivity index (χ3v) is 18.5. The SMILES string of the molecule is c1ccc(N2B3c4cc(-c5cccc(-n6c7ccccc7c7ccccc76)c5)ccc4Oc4cc([Si](c5ccccc5)(c5ccccc5)c5ccccc5)cc(c43)-c3ccccc32)cc1. The number of hydrogen-bond acceptors (Lipinski definition) is 2. The van der Waals surface area contributed by atoms with Gasteiger partial charge in [0.2, 0.25) is 0 Å². The molecule has 3 nitrogen and oxygen atoms in total. The maximum atomic E-state index is 7.33. The molecule has 13 rings (SSSR count). The van der Waals surface area contributed by atoms with Crippen LogP contribution in [-0.4, -0.2) is 19.5 Å². The van der Waals surface area contributed by atoms with E-state index < -0.39 is 8.07 Å². The third kappa shape index (κ3) is 5.76. The Morgan fingerprint density at radius 3 is 1.55 bits per heavy atom. The second-order valence-corrected chi connectivity index (χ2v) is 21.0. The van der Waals surface area contributed by atoms with Gasteiger partial charge in [0.05, 0.1) is 11.0 Å². The number of rotatable bonds is 7. The molecule has 0 saturated carbocycles. The van der Waals surface area contributed by atoms with E-state index in [4.69, 9.17) is 4.74 Å². The van der Waals surface area contributed by atoms with E-state index in [1.165, 1.54) is 64.8 Å². The highest BCUT2D eigenvalue weighted by Gasteiger charge is 2.47. The summed E-state index contributed by atoms with van der Waals surface area (Å²) in [5.74, 6) is 1.78. The Balaban J connectivity index is 1.05. The Kier molecular flexibility index (Phi) is 8.65. The van der Waals surface area contributed by atoms with Crippen molar-refractivity contribution in [1.29, 1.82) is 0 Å². The van der Waals surface area contributed by atoms with Crippen LogP contribution in [0.25, 0.3) is 49.7 Å². The maximum absolute atomic E-state index is 7.33. The van der Waals surface area contributed by atoms with Crippen LogP contribution < -0.4 is 41.2 Å². The van der Waals surface area contributed by atoms with Gasteiger partial charge in [-0.15, -0.1) is 0 Å². The summed E-state index contributed by atoms with van der Waals surface area (Å²) >= 11 is 0. The van der Waals surface area contributed by atoms with E-state index in [0.29, 0.717) is 0 Å². The Hall–Kier alpha value is -8.12. The minimum Gasteiger partial charge on any atom is -0.458 e. The van der Waals surface area contributed by atoms with Crippen LogP contribution in [0.1, 0.15) is 0 Å². The summed E-state index contributed by atoms with van der Waals surface area (Å²) < 4.78 is 9.73. The van der Waals surface area contributed by atoms with Gasteiger partial charge in [0.25, 0.3) is 0 Å². The minimum atomic E-state index is -2.91. The number of hydrogen-bond donors (Lipinski definition) is 0. The average Bonchev–Trinajstić information content (AvgIpc) is 3.72. The number of fused-ring (bicyclic) bond motifs is 7. The number of nitrogens with zero attached hydrogens (tertiary/aromatic N) is 2. The molecule has 0 N–H and O–H groups in total. The van der Waals surface area contributed by atoms with Gasteiger partial charge in [-0.1, -0.05) is 194 Å². The van der Waals surface area contributed by atoms with Crippen LogP contribution in [0.3, 0.4) is 0 Å². The van der Waals surface area contributed by atoms with Gasteiger partial charge in [-0.2, -0.15) is 0 Å². The van der Waals surface area contributed by atoms with Crippen LogP contribution in [0.15, 0.2) is 249 Å². The lowest BCUT2D eigenvalue weighted by atomic mass is 9.44. The molecule has 2 aliphatic rings. The highest BCUT2D eigenvalue weighted by atomic mass is 28.3. The molecule has 0 spiro atoms. The molecule has 0 radical (unpaired) electrons. The molecule has 304 valence electrons. The van der Waals surface area contributed by atoms with Gasteiger partial charge in [0.1, 0.15) is 11.5 Å². The molecule has 0 unspecified atom stereocenters. The van der Waals surface area contributed by atoms with Crippen molar-refractivity contribution in [1.82, 2.24) is 4.57 Å². The maximum Gasteiger partial charge on any atom is 0.336 e. The van der Waals surface area contributed by atoms with Gasteiger partial charge in [-0.25, -0.2) is 0 Å². The molecule has 5 heteroatoms. The summed E-state index contributed by atoms with van der Waals surface area (Å²) in [4.78, 5) is 2.54. The fourth-order valence-corrected chi connectivity index (χ4v) is 15.8. The first-order valence-corrected chi connectivity index (χ1v) is 24.5. The molecular weight excluding hydrogens is 804 g/mol. The smallest absolute Gasteiger partial charge is 0.336 e. The van der Waals surface area contributed by atoms with Crippen LogP contribution >= 0.6 is 0 Å². The van der Waals surface area contributed by atoms with Crippen LogP contribution in [0.2, 0.25) is 0 Å². The zero-order valence-electron chi connectivity index (χ0n) is 35.6. The Labute approximate surface area is 380 Å². The molecule has 0 aliphatic carbocycles. The quantitative estimate of drug-likeness (QED) is 0.117. The predicted molar refractivity (Wildman–Crippen MR) is 275 cm³/mol. The van der Waals surface area contributed by atoms with E-state index in [2.05, 4.69) is 258 Å². The molecule has 0 saturated heterocycles. The summed E-state index contributed by atoms with van der Waals surface area (Å²) in [6.07, 6.45) is 0. The third-order valence-electron chi connectivity index (χ3n) is 13.8. The molecule has 0 fully saturated rings. The summed E-state index contributed by atoms with van der Waals surface area (Å²) in [5.41, 5.74) is 12.9. The molecule has 2 aliphatic heterocycles. The largest absolute Gasteiger partial charge is 0.458 e. The number of anilines is 2. The van der Waals surface area contributed by atoms with Crippen molar-refractivity contribution in [3.63, 3.8) is 0 Å². The second-order valence-electron chi connectivity index (χ2n) is 17.2. The summed E-state index contributed by atoms with van der Waals surface area (Å²) in [7, 11) is -2.91. The average molecular weight is 845 g/mol. The fourth-order valence-electron chi connectivity index (χ4n) is 11.0. The molecule has 10 aromatic carbocycles. The standard InChI is InChI=1S/C60H41BN2OSi/c1-5-21-44(22-6-1)63-57-35-18-15-32-52(57)53-40-49(65(46-24-7-2-8-25-46,47-26-9-3-10-27-47)48-28-11-4-12-29-48)41-59-60(53)61(63)54-39-43(36-37-58(54)64-59)42-20-19-23-45(38-42)62-55-33-16-13-30-50(55)51-31-14-17-34-56(51)62/h1-41H. The zero-order chi connectivity index (χ0) is 42.9. The number of para-hydroxylation sites is 4. The number of ether oxygens (including phenoxy) is 1. The highest BCUT2D eigenvalue weighted by molar-refractivity contribution is 7.20. The van der Waals surface area contributed by atoms with Crippen LogP contribution in [-0.2, 0) is 0 Å². The lowest BCUT2D eigenvalue weighted by molar-refractivity contribution is 0.487. The van der Waals surface area contributed by atoms with Crippen LogP contribution in [0.5, 0.6) is 11.5 Å². The van der Waals surface area contributed by atoms with E-state index in [1.54, 1.807) is 0 Å². The fraction of sp³-hybridized carbons (Fsp3) is 0. The van der Waals surface area contributed by atoms with Crippen molar-refractivity contribution < 1.29 is 4.74 Å². The van der Waals surface area contributed by atoms with Crippen molar-refractivity contribution in [3.8, 4) is 39.4 Å². The van der Waals surface area contributed by atoms with E-state index in [1.807, 2.05) is 0 Å². The van der Waals surface area contributed by atoms with E-state index >= 15 is 0 Å². The van der Waals surface area contributed by atoms with Crippen LogP contribution in [0, 0.1) is 0 Å². The molecule has 0 atom stereocenters. The number of aromatic nitrogens is 1. The second kappa shape index (κ2) is 15.0. The van der Waals surface area contributed by atoms with E-state index in [-0.39, 0.29) is 6.85 Å². The summed E-state index contributed by atoms with van der Waals surface area (Å²) in [6.45, 7) is -0.156. The van der Waals surface area contributed by atoms with Crippen molar-refractivity contribution in [2.24, 2.45) is 0 Å². The Morgan fingerprint density at radius 1 is 0.369 bits per heavy atom. The minimum absolute atomic E-state index is 0.156. The predicted octanol–water partition coefficient (Wildman–Crippen LogP) is 10.9.